The Hall–Kier alpha value is -4.50. The van der Waals surface area contributed by atoms with Gasteiger partial charge in [0.25, 0.3) is 0 Å². The SMILES string of the molecule is O=C(C=Cc1ccc(OCc2ccc(F)cc2)cc1)NC1(C(=O)NCCc2cc3cc(F)ccc3[nH]2)CCNCC1. The molecule has 0 radical (unpaired) electrons. The number of hydrogen-bond acceptors (Lipinski definition) is 4. The molecule has 0 bridgehead atoms. The van der Waals surface area contributed by atoms with Crippen LogP contribution in [0.4, 0.5) is 8.78 Å². The number of rotatable bonds is 10. The van der Waals surface area contributed by atoms with Crippen LogP contribution in [-0.2, 0) is 22.6 Å². The maximum absolute atomic E-state index is 13.5. The van der Waals surface area contributed by atoms with E-state index in [-0.39, 0.29) is 23.4 Å². The van der Waals surface area contributed by atoms with Crippen LogP contribution in [0.2, 0.25) is 0 Å². The van der Waals surface area contributed by atoms with Gasteiger partial charge in [0.05, 0.1) is 0 Å². The third-order valence-electron chi connectivity index (χ3n) is 7.20. The predicted molar refractivity (Wildman–Crippen MR) is 154 cm³/mol. The molecule has 2 heterocycles. The molecule has 1 fully saturated rings. The zero-order chi connectivity index (χ0) is 28.7. The second-order valence-electron chi connectivity index (χ2n) is 10.2. The number of H-pyrrole nitrogens is 1. The summed E-state index contributed by atoms with van der Waals surface area (Å²) < 4.78 is 32.3. The summed E-state index contributed by atoms with van der Waals surface area (Å²) in [6, 6.07) is 19.8. The molecule has 0 aliphatic carbocycles. The maximum Gasteiger partial charge on any atom is 0.245 e. The van der Waals surface area contributed by atoms with E-state index in [4.69, 9.17) is 4.74 Å². The highest BCUT2D eigenvalue weighted by molar-refractivity contribution is 5.97. The lowest BCUT2D eigenvalue weighted by molar-refractivity contribution is -0.133. The van der Waals surface area contributed by atoms with Gasteiger partial charge in [0, 0.05) is 35.6 Å². The molecule has 1 aliphatic rings. The van der Waals surface area contributed by atoms with Crippen molar-refractivity contribution in [2.24, 2.45) is 0 Å². The molecular formula is C32H32F2N4O3. The van der Waals surface area contributed by atoms with E-state index < -0.39 is 5.54 Å². The maximum atomic E-state index is 13.5. The number of aromatic amines is 1. The van der Waals surface area contributed by atoms with Crippen LogP contribution in [0.3, 0.4) is 0 Å². The van der Waals surface area contributed by atoms with Crippen molar-refractivity contribution in [3.05, 3.63) is 107 Å². The molecule has 0 spiro atoms. The third kappa shape index (κ3) is 7.37. The van der Waals surface area contributed by atoms with Gasteiger partial charge in [0.1, 0.15) is 29.5 Å². The normalized spacial score (nSPS) is 14.7. The van der Waals surface area contributed by atoms with Crippen LogP contribution in [0.1, 0.15) is 29.7 Å². The van der Waals surface area contributed by atoms with Gasteiger partial charge >= 0.3 is 0 Å². The fourth-order valence-corrected chi connectivity index (χ4v) is 4.91. The Kier molecular flexibility index (Phi) is 8.74. The molecule has 1 saturated heterocycles. The first-order valence-electron chi connectivity index (χ1n) is 13.6. The number of carbonyl (C=O) groups is 2. The quantitative estimate of drug-likeness (QED) is 0.214. The molecule has 212 valence electrons. The average molecular weight is 559 g/mol. The first kappa shape index (κ1) is 28.0. The summed E-state index contributed by atoms with van der Waals surface area (Å²) in [7, 11) is 0. The second kappa shape index (κ2) is 12.8. The van der Waals surface area contributed by atoms with Crippen LogP contribution in [-0.4, -0.2) is 42.0 Å². The largest absolute Gasteiger partial charge is 0.489 e. The average Bonchev–Trinajstić information content (AvgIpc) is 3.38. The van der Waals surface area contributed by atoms with Crippen molar-refractivity contribution in [1.29, 1.82) is 0 Å². The van der Waals surface area contributed by atoms with Gasteiger partial charge < -0.3 is 25.7 Å². The van der Waals surface area contributed by atoms with E-state index in [2.05, 4.69) is 20.9 Å². The Labute approximate surface area is 237 Å². The Balaban J connectivity index is 1.14. The predicted octanol–water partition coefficient (Wildman–Crippen LogP) is 4.64. The van der Waals surface area contributed by atoms with Gasteiger partial charge in [-0.3, -0.25) is 9.59 Å². The Bertz CT molecular complexity index is 1530. The lowest BCUT2D eigenvalue weighted by atomic mass is 9.87. The van der Waals surface area contributed by atoms with Gasteiger partial charge in [0.2, 0.25) is 11.8 Å². The number of ether oxygens (including phenoxy) is 1. The number of amides is 2. The monoisotopic (exact) mass is 558 g/mol. The van der Waals surface area contributed by atoms with E-state index in [9.17, 15) is 18.4 Å². The van der Waals surface area contributed by atoms with E-state index in [0.29, 0.717) is 51.3 Å². The lowest BCUT2D eigenvalue weighted by Crippen LogP contribution is -2.62. The zero-order valence-electron chi connectivity index (χ0n) is 22.5. The van der Waals surface area contributed by atoms with Gasteiger partial charge in [-0.15, -0.1) is 0 Å². The molecule has 0 unspecified atom stereocenters. The van der Waals surface area contributed by atoms with Gasteiger partial charge in [-0.1, -0.05) is 24.3 Å². The molecule has 3 aromatic carbocycles. The number of hydrogen-bond donors (Lipinski definition) is 4. The summed E-state index contributed by atoms with van der Waals surface area (Å²) in [5, 5.41) is 9.96. The van der Waals surface area contributed by atoms with E-state index >= 15 is 0 Å². The standard InChI is InChI=1S/C32H32F2N4O3/c33-25-6-1-23(2-7-25)21-41-28-9-3-22(4-10-28)5-12-30(39)38-32(14-17-35-18-15-32)31(40)36-16-13-27-20-24-19-26(34)8-11-29(24)37-27/h1-12,19-20,35,37H,13-18,21H2,(H,36,40)(H,38,39). The van der Waals surface area contributed by atoms with Gasteiger partial charge in [-0.05, 0) is 91.7 Å². The molecule has 9 heteroatoms. The first-order valence-corrected chi connectivity index (χ1v) is 13.6. The molecular weight excluding hydrogens is 526 g/mol. The van der Waals surface area contributed by atoms with Crippen molar-refractivity contribution in [2.45, 2.75) is 31.4 Å². The van der Waals surface area contributed by atoms with Crippen LogP contribution in [0.15, 0.2) is 78.9 Å². The fourth-order valence-electron chi connectivity index (χ4n) is 4.91. The number of halogens is 2. The molecule has 4 N–H and O–H groups in total. The highest BCUT2D eigenvalue weighted by atomic mass is 19.1. The highest BCUT2D eigenvalue weighted by Gasteiger charge is 2.40. The smallest absolute Gasteiger partial charge is 0.245 e. The fraction of sp³-hybridized carbons (Fsp3) is 0.250. The van der Waals surface area contributed by atoms with Crippen molar-refractivity contribution in [2.75, 3.05) is 19.6 Å². The Morgan fingerprint density at radius 1 is 0.927 bits per heavy atom. The zero-order valence-corrected chi connectivity index (χ0v) is 22.5. The second-order valence-corrected chi connectivity index (χ2v) is 10.2. The number of aromatic nitrogens is 1. The minimum absolute atomic E-state index is 0.217. The summed E-state index contributed by atoms with van der Waals surface area (Å²) in [4.78, 5) is 29.4. The van der Waals surface area contributed by atoms with E-state index in [1.807, 2.05) is 18.2 Å². The molecule has 2 amide bonds. The van der Waals surface area contributed by atoms with Gasteiger partial charge in [-0.2, -0.15) is 0 Å². The molecule has 1 aromatic heterocycles. The van der Waals surface area contributed by atoms with Crippen LogP contribution in [0.25, 0.3) is 17.0 Å². The highest BCUT2D eigenvalue weighted by Crippen LogP contribution is 2.21. The first-order chi connectivity index (χ1) is 19.9. The van der Waals surface area contributed by atoms with Crippen molar-refractivity contribution in [1.82, 2.24) is 20.9 Å². The topological polar surface area (TPSA) is 95.2 Å². The van der Waals surface area contributed by atoms with Crippen molar-refractivity contribution in [3.63, 3.8) is 0 Å². The molecule has 1 aliphatic heterocycles. The summed E-state index contributed by atoms with van der Waals surface area (Å²) in [6.07, 6.45) is 4.61. The third-order valence-corrected chi connectivity index (χ3v) is 7.20. The van der Waals surface area contributed by atoms with Gasteiger partial charge in [-0.25, -0.2) is 8.78 Å². The molecule has 5 rings (SSSR count). The summed E-state index contributed by atoms with van der Waals surface area (Å²) in [5.41, 5.74) is 2.39. The molecule has 4 aromatic rings. The van der Waals surface area contributed by atoms with E-state index in [1.165, 1.54) is 30.3 Å². The van der Waals surface area contributed by atoms with Gasteiger partial charge in [0.15, 0.2) is 0 Å². The van der Waals surface area contributed by atoms with Crippen molar-refractivity contribution in [3.8, 4) is 5.75 Å². The van der Waals surface area contributed by atoms with Crippen LogP contribution >= 0.6 is 0 Å². The number of piperidine rings is 1. The van der Waals surface area contributed by atoms with Crippen LogP contribution in [0, 0.1) is 11.6 Å². The van der Waals surface area contributed by atoms with Crippen LogP contribution in [0.5, 0.6) is 5.75 Å². The Morgan fingerprint density at radius 2 is 1.66 bits per heavy atom. The number of fused-ring (bicyclic) bond motifs is 1. The molecule has 7 nitrogen and oxygen atoms in total. The molecule has 0 atom stereocenters. The number of nitrogens with one attached hydrogen (secondary N) is 4. The number of carbonyl (C=O) groups excluding carboxylic acids is 2. The van der Waals surface area contributed by atoms with E-state index in [1.54, 1.807) is 36.4 Å². The summed E-state index contributed by atoms with van der Waals surface area (Å²) in [5.74, 6) is -0.497. The van der Waals surface area contributed by atoms with Crippen molar-refractivity contribution < 1.29 is 23.1 Å². The van der Waals surface area contributed by atoms with Crippen LogP contribution < -0.4 is 20.7 Å². The Morgan fingerprint density at radius 3 is 2.41 bits per heavy atom. The molecule has 41 heavy (non-hydrogen) atoms. The minimum Gasteiger partial charge on any atom is -0.489 e. The van der Waals surface area contributed by atoms with E-state index in [0.717, 1.165) is 27.7 Å². The minimum atomic E-state index is -1.01. The summed E-state index contributed by atoms with van der Waals surface area (Å²) >= 11 is 0. The van der Waals surface area contributed by atoms with Crippen molar-refractivity contribution >= 4 is 28.8 Å². The lowest BCUT2D eigenvalue weighted by Gasteiger charge is -2.36. The molecule has 0 saturated carbocycles. The summed E-state index contributed by atoms with van der Waals surface area (Å²) in [6.45, 7) is 1.93. The number of benzene rings is 3.